The second-order valence-electron chi connectivity index (χ2n) is 4.46. The van der Waals surface area contributed by atoms with Crippen molar-refractivity contribution in [2.24, 2.45) is 0 Å². The molecule has 3 N–H and O–H groups in total. The number of carbonyl (C=O) groups excluding carboxylic acids is 1. The number of halogens is 2. The molecule has 0 heterocycles. The van der Waals surface area contributed by atoms with Crippen molar-refractivity contribution in [3.63, 3.8) is 0 Å². The van der Waals surface area contributed by atoms with Crippen LogP contribution in [0, 0.1) is 5.82 Å². The fraction of sp³-hybridized carbons (Fsp3) is 0.133. The molecule has 0 aliphatic carbocycles. The summed E-state index contributed by atoms with van der Waals surface area (Å²) in [4.78, 5) is 12.1. The van der Waals surface area contributed by atoms with Gasteiger partial charge in [0.25, 0.3) is 5.91 Å². The van der Waals surface area contributed by atoms with Gasteiger partial charge in [-0.25, -0.2) is 4.39 Å². The zero-order valence-electron chi connectivity index (χ0n) is 10.9. The van der Waals surface area contributed by atoms with Crippen LogP contribution in [0.2, 0.25) is 5.02 Å². The van der Waals surface area contributed by atoms with Gasteiger partial charge in [0.2, 0.25) is 0 Å². The molecule has 0 radical (unpaired) electrons. The van der Waals surface area contributed by atoms with E-state index < -0.39 is 11.9 Å². The standard InChI is InChI=1S/C15H14ClFN2O/c1-9(11-4-2-3-5-14(11)17)19-15(20)12-8-10(18)6-7-13(12)16/h2-9H,18H2,1H3,(H,19,20). The molecule has 2 aromatic rings. The van der Waals surface area contributed by atoms with Crippen molar-refractivity contribution in [2.75, 3.05) is 5.73 Å². The van der Waals surface area contributed by atoms with E-state index in [2.05, 4.69) is 5.32 Å². The van der Waals surface area contributed by atoms with Crippen molar-refractivity contribution in [1.29, 1.82) is 0 Å². The summed E-state index contributed by atoms with van der Waals surface area (Å²) >= 11 is 5.96. The summed E-state index contributed by atoms with van der Waals surface area (Å²) in [7, 11) is 0. The maximum atomic E-state index is 13.6. The lowest BCUT2D eigenvalue weighted by molar-refractivity contribution is 0.0939. The summed E-state index contributed by atoms with van der Waals surface area (Å²) in [5.74, 6) is -0.753. The van der Waals surface area contributed by atoms with E-state index in [9.17, 15) is 9.18 Å². The van der Waals surface area contributed by atoms with E-state index in [1.807, 2.05) is 0 Å². The summed E-state index contributed by atoms with van der Waals surface area (Å²) in [5, 5.41) is 3.01. The number of hydrogen-bond acceptors (Lipinski definition) is 2. The van der Waals surface area contributed by atoms with Crippen molar-refractivity contribution in [1.82, 2.24) is 5.32 Å². The van der Waals surface area contributed by atoms with Gasteiger partial charge >= 0.3 is 0 Å². The molecule has 0 saturated heterocycles. The third-order valence-corrected chi connectivity index (χ3v) is 3.28. The van der Waals surface area contributed by atoms with Gasteiger partial charge in [-0.1, -0.05) is 29.8 Å². The molecule has 1 atom stereocenters. The molecular formula is C15H14ClFN2O. The molecule has 3 nitrogen and oxygen atoms in total. The molecule has 0 spiro atoms. The first-order valence-electron chi connectivity index (χ1n) is 6.09. The van der Waals surface area contributed by atoms with Crippen molar-refractivity contribution >= 4 is 23.2 Å². The molecule has 5 heteroatoms. The lowest BCUT2D eigenvalue weighted by Crippen LogP contribution is -2.27. The Morgan fingerprint density at radius 2 is 2.00 bits per heavy atom. The van der Waals surface area contributed by atoms with E-state index in [4.69, 9.17) is 17.3 Å². The molecule has 0 aliphatic heterocycles. The summed E-state index contributed by atoms with van der Waals surface area (Å²) in [5.41, 5.74) is 6.77. The molecule has 2 aromatic carbocycles. The van der Waals surface area contributed by atoms with Crippen LogP contribution in [0.3, 0.4) is 0 Å². The maximum Gasteiger partial charge on any atom is 0.253 e. The van der Waals surface area contributed by atoms with Gasteiger partial charge in [-0.3, -0.25) is 4.79 Å². The van der Waals surface area contributed by atoms with E-state index in [1.165, 1.54) is 12.1 Å². The molecule has 0 fully saturated rings. The predicted octanol–water partition coefficient (Wildman–Crippen LogP) is 3.55. The zero-order valence-corrected chi connectivity index (χ0v) is 11.6. The number of nitrogens with one attached hydrogen (secondary N) is 1. The molecule has 0 saturated carbocycles. The first-order valence-corrected chi connectivity index (χ1v) is 6.47. The Morgan fingerprint density at radius 1 is 1.30 bits per heavy atom. The van der Waals surface area contributed by atoms with Crippen LogP contribution in [0.15, 0.2) is 42.5 Å². The van der Waals surface area contributed by atoms with Crippen molar-refractivity contribution < 1.29 is 9.18 Å². The lowest BCUT2D eigenvalue weighted by Gasteiger charge is -2.15. The number of carbonyl (C=O) groups is 1. The van der Waals surface area contributed by atoms with E-state index in [0.717, 1.165) is 0 Å². The highest BCUT2D eigenvalue weighted by Crippen LogP contribution is 2.21. The normalized spacial score (nSPS) is 11.9. The van der Waals surface area contributed by atoms with Crippen molar-refractivity contribution in [3.05, 3.63) is 64.4 Å². The van der Waals surface area contributed by atoms with E-state index in [-0.39, 0.29) is 11.4 Å². The third-order valence-electron chi connectivity index (χ3n) is 2.95. The number of nitrogens with two attached hydrogens (primary N) is 1. The van der Waals surface area contributed by atoms with Gasteiger partial charge in [-0.15, -0.1) is 0 Å². The number of benzene rings is 2. The van der Waals surface area contributed by atoms with Crippen LogP contribution < -0.4 is 11.1 Å². The van der Waals surface area contributed by atoms with Crippen LogP contribution >= 0.6 is 11.6 Å². The number of nitrogen functional groups attached to an aromatic ring is 1. The lowest BCUT2D eigenvalue weighted by atomic mass is 10.1. The predicted molar refractivity (Wildman–Crippen MR) is 78.1 cm³/mol. The molecule has 0 aliphatic rings. The Bertz CT molecular complexity index is 646. The van der Waals surface area contributed by atoms with Gasteiger partial charge in [-0.05, 0) is 31.2 Å². The monoisotopic (exact) mass is 292 g/mol. The van der Waals surface area contributed by atoms with Gasteiger partial charge in [0.05, 0.1) is 16.6 Å². The van der Waals surface area contributed by atoms with Crippen LogP contribution in [0.4, 0.5) is 10.1 Å². The first kappa shape index (κ1) is 14.3. The molecule has 2 rings (SSSR count). The quantitative estimate of drug-likeness (QED) is 0.850. The molecule has 104 valence electrons. The summed E-state index contributed by atoms with van der Waals surface area (Å²) in [6.07, 6.45) is 0. The van der Waals surface area contributed by atoms with Gasteiger partial charge in [0.15, 0.2) is 0 Å². The van der Waals surface area contributed by atoms with E-state index in [0.29, 0.717) is 16.3 Å². The molecule has 0 bridgehead atoms. The first-order chi connectivity index (χ1) is 9.49. The zero-order chi connectivity index (χ0) is 14.7. The average molecular weight is 293 g/mol. The summed E-state index contributed by atoms with van der Waals surface area (Å²) in [6.45, 7) is 1.70. The highest BCUT2D eigenvalue weighted by atomic mass is 35.5. The summed E-state index contributed by atoms with van der Waals surface area (Å²) in [6, 6.07) is 10.5. The van der Waals surface area contributed by atoms with Crippen molar-refractivity contribution in [2.45, 2.75) is 13.0 Å². The maximum absolute atomic E-state index is 13.6. The van der Waals surface area contributed by atoms with Crippen LogP contribution in [0.1, 0.15) is 28.9 Å². The highest BCUT2D eigenvalue weighted by molar-refractivity contribution is 6.34. The largest absolute Gasteiger partial charge is 0.399 e. The Morgan fingerprint density at radius 3 is 2.70 bits per heavy atom. The van der Waals surface area contributed by atoms with Crippen LogP contribution in [0.25, 0.3) is 0 Å². The van der Waals surface area contributed by atoms with Crippen LogP contribution in [-0.4, -0.2) is 5.91 Å². The van der Waals surface area contributed by atoms with Gasteiger partial charge in [0.1, 0.15) is 5.82 Å². The molecular weight excluding hydrogens is 279 g/mol. The van der Waals surface area contributed by atoms with Gasteiger partial charge < -0.3 is 11.1 Å². The smallest absolute Gasteiger partial charge is 0.253 e. The van der Waals surface area contributed by atoms with E-state index >= 15 is 0 Å². The molecule has 20 heavy (non-hydrogen) atoms. The third kappa shape index (κ3) is 3.08. The van der Waals surface area contributed by atoms with Crippen molar-refractivity contribution in [3.8, 4) is 0 Å². The fourth-order valence-electron chi connectivity index (χ4n) is 1.90. The number of rotatable bonds is 3. The Labute approximate surface area is 121 Å². The van der Waals surface area contributed by atoms with Gasteiger partial charge in [0, 0.05) is 11.3 Å². The number of anilines is 1. The molecule has 1 unspecified atom stereocenters. The minimum absolute atomic E-state index is 0.273. The topological polar surface area (TPSA) is 55.1 Å². The number of hydrogen-bond donors (Lipinski definition) is 2. The fourth-order valence-corrected chi connectivity index (χ4v) is 2.10. The Hall–Kier alpha value is -2.07. The Balaban J connectivity index is 2.20. The van der Waals surface area contributed by atoms with E-state index in [1.54, 1.807) is 37.3 Å². The molecule has 1 amide bonds. The highest BCUT2D eigenvalue weighted by Gasteiger charge is 2.16. The minimum atomic E-state index is -0.471. The molecule has 0 aromatic heterocycles. The summed E-state index contributed by atoms with van der Waals surface area (Å²) < 4.78 is 13.6. The number of amides is 1. The second-order valence-corrected chi connectivity index (χ2v) is 4.86. The Kier molecular flexibility index (Phi) is 4.25. The van der Waals surface area contributed by atoms with Crippen LogP contribution in [-0.2, 0) is 0 Å². The van der Waals surface area contributed by atoms with Gasteiger partial charge in [-0.2, -0.15) is 0 Å². The minimum Gasteiger partial charge on any atom is -0.399 e. The SMILES string of the molecule is CC(NC(=O)c1cc(N)ccc1Cl)c1ccccc1F. The second kappa shape index (κ2) is 5.92. The van der Waals surface area contributed by atoms with Crippen LogP contribution in [0.5, 0.6) is 0 Å². The average Bonchev–Trinajstić information content (AvgIpc) is 2.41.